The fourth-order valence-electron chi connectivity index (χ4n) is 3.30. The van der Waals surface area contributed by atoms with Crippen LogP contribution in [-0.4, -0.2) is 29.6 Å². The van der Waals surface area contributed by atoms with Crippen LogP contribution in [0.2, 0.25) is 0 Å². The fourth-order valence-corrected chi connectivity index (χ4v) is 3.30. The first-order chi connectivity index (χ1) is 10.1. The number of aliphatic hydroxyl groups is 1. The Morgan fingerprint density at radius 2 is 2.10 bits per heavy atom. The lowest BCUT2D eigenvalue weighted by Crippen LogP contribution is -2.18. The number of esters is 1. The summed E-state index contributed by atoms with van der Waals surface area (Å²) in [5, 5.41) is 9.82. The number of carbonyl (C=O) groups excluding carboxylic acids is 2. The summed E-state index contributed by atoms with van der Waals surface area (Å²) in [6.45, 7) is 4.29. The van der Waals surface area contributed by atoms with Crippen LogP contribution in [-0.2, 0) is 14.3 Å². The van der Waals surface area contributed by atoms with E-state index in [0.717, 1.165) is 44.9 Å². The monoisotopic (exact) mass is 298 g/mol. The van der Waals surface area contributed by atoms with Crippen molar-refractivity contribution in [1.82, 2.24) is 0 Å². The normalized spacial score (nSPS) is 23.3. The molecule has 1 aliphatic carbocycles. The van der Waals surface area contributed by atoms with Gasteiger partial charge in [0.15, 0.2) is 0 Å². The molecule has 1 saturated carbocycles. The van der Waals surface area contributed by atoms with Gasteiger partial charge in [0.2, 0.25) is 0 Å². The summed E-state index contributed by atoms with van der Waals surface area (Å²) in [4.78, 5) is 23.3. The smallest absolute Gasteiger partial charge is 0.305 e. The summed E-state index contributed by atoms with van der Waals surface area (Å²) >= 11 is 0. The molecule has 1 N–H and O–H groups in total. The molecule has 0 spiro atoms. The van der Waals surface area contributed by atoms with E-state index in [2.05, 4.69) is 6.92 Å². The summed E-state index contributed by atoms with van der Waals surface area (Å²) in [6, 6.07) is 0. The largest absolute Gasteiger partial charge is 0.466 e. The standard InChI is InChI=1S/C17H30O4/c1-3-6-14(18)11-9-13-10-12-16(19)15(13)7-5-8-17(20)21-4-2/h13-15,18H,3-12H2,1-2H3/t13-,14?,15+/m0/s1. The molecule has 0 heterocycles. The molecule has 0 bridgehead atoms. The molecule has 0 aromatic heterocycles. The number of hydrogen-bond donors (Lipinski definition) is 1. The second-order valence-electron chi connectivity index (χ2n) is 6.09. The fraction of sp³-hybridized carbons (Fsp3) is 0.882. The third-order valence-electron chi connectivity index (χ3n) is 4.44. The molecular formula is C17H30O4. The molecule has 0 aromatic rings. The lowest BCUT2D eigenvalue weighted by atomic mass is 9.86. The van der Waals surface area contributed by atoms with Crippen LogP contribution in [0.4, 0.5) is 0 Å². The zero-order chi connectivity index (χ0) is 15.7. The number of hydrogen-bond acceptors (Lipinski definition) is 4. The SMILES string of the molecule is CCCC(O)CC[C@H]1CCC(=O)[C@@H]1CCCC(=O)OCC. The summed E-state index contributed by atoms with van der Waals surface area (Å²) in [7, 11) is 0. The second-order valence-corrected chi connectivity index (χ2v) is 6.09. The Labute approximate surface area is 128 Å². The lowest BCUT2D eigenvalue weighted by molar-refractivity contribution is -0.143. The maximum atomic E-state index is 12.0. The van der Waals surface area contributed by atoms with Crippen LogP contribution in [0.15, 0.2) is 0 Å². The Balaban J connectivity index is 2.32. The molecule has 1 rings (SSSR count). The number of Topliss-reactive ketones (excluding diaryl/α,β-unsaturated/α-hetero) is 1. The average molecular weight is 298 g/mol. The Bertz CT molecular complexity index is 327. The van der Waals surface area contributed by atoms with E-state index < -0.39 is 0 Å². The molecule has 3 atom stereocenters. The third-order valence-corrected chi connectivity index (χ3v) is 4.44. The number of rotatable bonds is 10. The van der Waals surface area contributed by atoms with Crippen molar-refractivity contribution in [2.75, 3.05) is 6.61 Å². The molecule has 4 heteroatoms. The van der Waals surface area contributed by atoms with Gasteiger partial charge in [0.1, 0.15) is 5.78 Å². The number of ketones is 1. The minimum atomic E-state index is -0.231. The van der Waals surface area contributed by atoms with E-state index in [-0.39, 0.29) is 18.0 Å². The zero-order valence-electron chi connectivity index (χ0n) is 13.5. The molecule has 122 valence electrons. The van der Waals surface area contributed by atoms with Gasteiger partial charge in [-0.2, -0.15) is 0 Å². The molecule has 4 nitrogen and oxygen atoms in total. The van der Waals surface area contributed by atoms with E-state index in [0.29, 0.717) is 31.1 Å². The van der Waals surface area contributed by atoms with E-state index in [4.69, 9.17) is 4.74 Å². The molecule has 21 heavy (non-hydrogen) atoms. The molecule has 1 aliphatic rings. The van der Waals surface area contributed by atoms with Crippen LogP contribution < -0.4 is 0 Å². The Kier molecular flexibility index (Phi) is 8.58. The van der Waals surface area contributed by atoms with Crippen LogP contribution in [0, 0.1) is 11.8 Å². The first-order valence-corrected chi connectivity index (χ1v) is 8.44. The highest BCUT2D eigenvalue weighted by Gasteiger charge is 2.33. The third kappa shape index (κ3) is 6.60. The van der Waals surface area contributed by atoms with Crippen molar-refractivity contribution >= 4 is 11.8 Å². The van der Waals surface area contributed by atoms with Gasteiger partial charge in [-0.05, 0) is 51.4 Å². The number of aliphatic hydroxyl groups excluding tert-OH is 1. The van der Waals surface area contributed by atoms with Gasteiger partial charge in [-0.3, -0.25) is 9.59 Å². The molecule has 0 amide bonds. The minimum Gasteiger partial charge on any atom is -0.466 e. The van der Waals surface area contributed by atoms with Crippen molar-refractivity contribution in [2.45, 2.75) is 77.7 Å². The molecular weight excluding hydrogens is 268 g/mol. The van der Waals surface area contributed by atoms with Crippen molar-refractivity contribution in [3.05, 3.63) is 0 Å². The maximum absolute atomic E-state index is 12.0. The highest BCUT2D eigenvalue weighted by atomic mass is 16.5. The van der Waals surface area contributed by atoms with Crippen LogP contribution in [0.25, 0.3) is 0 Å². The van der Waals surface area contributed by atoms with Gasteiger partial charge in [0, 0.05) is 18.8 Å². The average Bonchev–Trinajstić information content (AvgIpc) is 2.78. The van der Waals surface area contributed by atoms with Gasteiger partial charge >= 0.3 is 5.97 Å². The van der Waals surface area contributed by atoms with Gasteiger partial charge in [-0.15, -0.1) is 0 Å². The topological polar surface area (TPSA) is 63.6 Å². The molecule has 1 unspecified atom stereocenters. The van der Waals surface area contributed by atoms with Crippen LogP contribution in [0.5, 0.6) is 0 Å². The number of carbonyl (C=O) groups is 2. The summed E-state index contributed by atoms with van der Waals surface area (Å²) in [5.41, 5.74) is 0. The summed E-state index contributed by atoms with van der Waals surface area (Å²) in [6.07, 6.45) is 6.85. The second kappa shape index (κ2) is 9.93. The van der Waals surface area contributed by atoms with Crippen molar-refractivity contribution < 1.29 is 19.4 Å². The van der Waals surface area contributed by atoms with Gasteiger partial charge in [-0.1, -0.05) is 13.3 Å². The van der Waals surface area contributed by atoms with Gasteiger partial charge in [-0.25, -0.2) is 0 Å². The van der Waals surface area contributed by atoms with E-state index in [1.807, 2.05) is 0 Å². The highest BCUT2D eigenvalue weighted by Crippen LogP contribution is 2.36. The Morgan fingerprint density at radius 3 is 2.76 bits per heavy atom. The van der Waals surface area contributed by atoms with E-state index in [1.165, 1.54) is 0 Å². The van der Waals surface area contributed by atoms with Crippen LogP contribution in [0.1, 0.15) is 71.6 Å². The summed E-state index contributed by atoms with van der Waals surface area (Å²) in [5.74, 6) is 0.658. The van der Waals surface area contributed by atoms with Crippen LogP contribution in [0.3, 0.4) is 0 Å². The van der Waals surface area contributed by atoms with Gasteiger partial charge < -0.3 is 9.84 Å². The Hall–Kier alpha value is -0.900. The summed E-state index contributed by atoms with van der Waals surface area (Å²) < 4.78 is 4.91. The molecule has 0 aliphatic heterocycles. The zero-order valence-corrected chi connectivity index (χ0v) is 13.5. The lowest BCUT2D eigenvalue weighted by Gasteiger charge is -2.19. The first kappa shape index (κ1) is 18.1. The first-order valence-electron chi connectivity index (χ1n) is 8.44. The predicted molar refractivity (Wildman–Crippen MR) is 81.9 cm³/mol. The van der Waals surface area contributed by atoms with Crippen molar-refractivity contribution in [1.29, 1.82) is 0 Å². The van der Waals surface area contributed by atoms with Crippen molar-refractivity contribution in [2.24, 2.45) is 11.8 Å². The van der Waals surface area contributed by atoms with Gasteiger partial charge in [0.05, 0.1) is 12.7 Å². The number of ether oxygens (including phenoxy) is 1. The quantitative estimate of drug-likeness (QED) is 0.629. The van der Waals surface area contributed by atoms with E-state index in [9.17, 15) is 14.7 Å². The van der Waals surface area contributed by atoms with Gasteiger partial charge in [0.25, 0.3) is 0 Å². The Morgan fingerprint density at radius 1 is 1.33 bits per heavy atom. The van der Waals surface area contributed by atoms with E-state index in [1.54, 1.807) is 6.92 Å². The molecule has 1 fully saturated rings. The van der Waals surface area contributed by atoms with Crippen molar-refractivity contribution in [3.63, 3.8) is 0 Å². The highest BCUT2D eigenvalue weighted by molar-refractivity contribution is 5.83. The van der Waals surface area contributed by atoms with Crippen LogP contribution >= 0.6 is 0 Å². The van der Waals surface area contributed by atoms with Crippen molar-refractivity contribution in [3.8, 4) is 0 Å². The molecule has 0 saturated heterocycles. The van der Waals surface area contributed by atoms with E-state index >= 15 is 0 Å². The molecule has 0 aromatic carbocycles. The molecule has 0 radical (unpaired) electrons. The minimum absolute atomic E-state index is 0.0910. The predicted octanol–water partition coefficient (Wildman–Crippen LogP) is 3.26. The maximum Gasteiger partial charge on any atom is 0.305 e.